The first-order valence-electron chi connectivity index (χ1n) is 10.0. The van der Waals surface area contributed by atoms with Crippen molar-refractivity contribution in [3.8, 4) is 0 Å². The van der Waals surface area contributed by atoms with Gasteiger partial charge in [0.1, 0.15) is 0 Å². The Bertz CT molecular complexity index is 786. The SMILES string of the molecule is [B]=C[C@@H]1CC(O)[C@H](S/C=C\CCCC(=O)O)[C@H]1/C=C/C(=O)CCc1cc(Br)c(C)s1. The van der Waals surface area contributed by atoms with Crippen LogP contribution in [0.1, 0.15) is 41.9 Å². The molecule has 8 heteroatoms. The van der Waals surface area contributed by atoms with E-state index in [1.807, 2.05) is 24.5 Å². The molecule has 1 aliphatic carbocycles. The van der Waals surface area contributed by atoms with Crippen molar-refractivity contribution in [2.45, 2.75) is 56.8 Å². The van der Waals surface area contributed by atoms with Gasteiger partial charge in [0.25, 0.3) is 0 Å². The number of halogens is 1. The van der Waals surface area contributed by atoms with Gasteiger partial charge in [-0.2, -0.15) is 0 Å². The number of hydrogen-bond acceptors (Lipinski definition) is 5. The molecule has 0 aromatic carbocycles. The summed E-state index contributed by atoms with van der Waals surface area (Å²) in [6.45, 7) is 2.05. The van der Waals surface area contributed by atoms with Crippen LogP contribution in [-0.2, 0) is 16.0 Å². The Morgan fingerprint density at radius 3 is 2.80 bits per heavy atom. The predicted octanol–water partition coefficient (Wildman–Crippen LogP) is 4.72. The molecule has 1 heterocycles. The molecule has 1 saturated carbocycles. The number of aliphatic hydroxyl groups excluding tert-OH is 1. The number of unbranched alkanes of at least 4 members (excludes halogenated alkanes) is 1. The van der Waals surface area contributed by atoms with E-state index in [-0.39, 0.29) is 29.3 Å². The maximum absolute atomic E-state index is 12.4. The summed E-state index contributed by atoms with van der Waals surface area (Å²) in [6.07, 6.45) is 8.16. The zero-order valence-corrected chi connectivity index (χ0v) is 20.2. The van der Waals surface area contributed by atoms with Crippen molar-refractivity contribution in [3.05, 3.63) is 43.9 Å². The third-order valence-electron chi connectivity index (χ3n) is 5.14. The van der Waals surface area contributed by atoms with Crippen LogP contribution in [0.5, 0.6) is 0 Å². The van der Waals surface area contributed by atoms with Crippen LogP contribution in [0.2, 0.25) is 0 Å². The number of thiophene rings is 1. The Kier molecular flexibility index (Phi) is 10.8. The molecule has 1 aliphatic rings. The summed E-state index contributed by atoms with van der Waals surface area (Å²) in [5.41, 5.74) is 0. The number of carbonyl (C=O) groups excluding carboxylic acids is 1. The second-order valence-electron chi connectivity index (χ2n) is 7.44. The van der Waals surface area contributed by atoms with Crippen LogP contribution in [0, 0.1) is 18.8 Å². The summed E-state index contributed by atoms with van der Waals surface area (Å²) in [5.74, 6) is 0.910. The van der Waals surface area contributed by atoms with Gasteiger partial charge in [-0.15, -0.1) is 0 Å². The number of carbonyl (C=O) groups is 2. The molecule has 1 aromatic heterocycles. The van der Waals surface area contributed by atoms with Crippen molar-refractivity contribution in [3.63, 3.8) is 0 Å². The van der Waals surface area contributed by atoms with Gasteiger partial charge < -0.3 is 0 Å². The summed E-state index contributed by atoms with van der Waals surface area (Å²) in [7, 11) is 5.79. The Labute approximate surface area is 196 Å². The second-order valence-corrected chi connectivity index (χ2v) is 10.7. The number of hydrogen-bond donors (Lipinski definition) is 2. The van der Waals surface area contributed by atoms with Gasteiger partial charge in [0.15, 0.2) is 0 Å². The van der Waals surface area contributed by atoms with E-state index in [9.17, 15) is 14.7 Å². The third kappa shape index (κ3) is 7.95. The molecule has 0 aliphatic heterocycles. The van der Waals surface area contributed by atoms with Gasteiger partial charge >= 0.3 is 197 Å². The maximum atomic E-state index is 12.4. The van der Waals surface area contributed by atoms with Crippen molar-refractivity contribution in [2.75, 3.05) is 0 Å². The van der Waals surface area contributed by atoms with E-state index in [1.165, 1.54) is 21.5 Å². The van der Waals surface area contributed by atoms with Crippen molar-refractivity contribution < 1.29 is 19.8 Å². The van der Waals surface area contributed by atoms with E-state index in [1.54, 1.807) is 23.4 Å². The van der Waals surface area contributed by atoms with Gasteiger partial charge in [0.05, 0.1) is 0 Å². The molecule has 0 bridgehead atoms. The van der Waals surface area contributed by atoms with Gasteiger partial charge in [0, 0.05) is 0 Å². The summed E-state index contributed by atoms with van der Waals surface area (Å²) < 4.78 is 1.09. The molecule has 30 heavy (non-hydrogen) atoms. The molecule has 0 amide bonds. The van der Waals surface area contributed by atoms with Gasteiger partial charge in [-0.1, -0.05) is 0 Å². The van der Waals surface area contributed by atoms with Crippen molar-refractivity contribution in [1.82, 2.24) is 0 Å². The number of aliphatic hydroxyl groups is 1. The standard InChI is InChI=1S/C22H27BBrO4S2/c1-14-19(24)12-17(30-14)8-6-16(25)7-9-18-15(13-23)11-20(26)22(18)29-10-4-2-3-5-21(27)28/h4,7,9-10,12-13,15,18,20,22,26H,2-3,5-6,8,11H2,1H3,(H,27,28)/b9-7+,10-4-/t15-,18-,20?,22+/m0/s1. The fourth-order valence-corrected chi connectivity index (χ4v) is 6.28. The molecular formula is C22H27BBrO4S2. The zero-order chi connectivity index (χ0) is 22.1. The molecule has 4 atom stereocenters. The number of rotatable bonds is 12. The molecule has 1 aromatic rings. The molecule has 1 fully saturated rings. The molecule has 0 spiro atoms. The van der Waals surface area contributed by atoms with Gasteiger partial charge in [0.2, 0.25) is 0 Å². The number of allylic oxidation sites excluding steroid dienone is 3. The zero-order valence-electron chi connectivity index (χ0n) is 17.0. The summed E-state index contributed by atoms with van der Waals surface area (Å²) >= 11 is 6.73. The quantitative estimate of drug-likeness (QED) is 0.242. The van der Waals surface area contributed by atoms with Crippen LogP contribution < -0.4 is 0 Å². The number of aryl methyl sites for hydroxylation is 2. The Balaban J connectivity index is 1.90. The van der Waals surface area contributed by atoms with E-state index in [2.05, 4.69) is 22.0 Å². The van der Waals surface area contributed by atoms with Gasteiger partial charge in [-0.3, -0.25) is 0 Å². The molecule has 161 valence electrons. The fraction of sp³-hybridized carbons (Fsp3) is 0.500. The van der Waals surface area contributed by atoms with Crippen LogP contribution in [0.25, 0.3) is 0 Å². The minimum absolute atomic E-state index is 0.0132. The number of thioether (sulfide) groups is 1. The van der Waals surface area contributed by atoms with E-state index in [4.69, 9.17) is 12.6 Å². The molecule has 1 unspecified atom stereocenters. The number of ketones is 1. The number of aliphatic carboxylic acids is 1. The van der Waals surface area contributed by atoms with Crippen LogP contribution in [0.3, 0.4) is 0 Å². The van der Waals surface area contributed by atoms with Crippen LogP contribution in [0.4, 0.5) is 0 Å². The Hall–Kier alpha value is -0.955. The fourth-order valence-electron chi connectivity index (χ4n) is 3.49. The average Bonchev–Trinajstić information content (AvgIpc) is 3.19. The number of carboxylic acid groups (broad SMARTS) is 1. The van der Waals surface area contributed by atoms with Crippen LogP contribution >= 0.6 is 39.0 Å². The summed E-state index contributed by atoms with van der Waals surface area (Å²) in [4.78, 5) is 25.3. The normalized spacial score (nSPS) is 24.1. The first-order valence-corrected chi connectivity index (χ1v) is 12.6. The molecule has 2 rings (SSSR count). The minimum atomic E-state index is -0.791. The molecule has 2 N–H and O–H groups in total. The van der Waals surface area contributed by atoms with Crippen molar-refractivity contribution >= 4 is 64.2 Å². The Morgan fingerprint density at radius 2 is 2.17 bits per heavy atom. The van der Waals surface area contributed by atoms with Gasteiger partial charge in [-0.05, 0) is 0 Å². The third-order valence-corrected chi connectivity index (χ3v) is 8.63. The summed E-state index contributed by atoms with van der Waals surface area (Å²) in [6, 6.07) is 2.07. The van der Waals surface area contributed by atoms with Gasteiger partial charge in [-0.25, -0.2) is 0 Å². The van der Waals surface area contributed by atoms with Crippen LogP contribution in [-0.4, -0.2) is 46.8 Å². The predicted molar refractivity (Wildman–Crippen MR) is 131 cm³/mol. The van der Waals surface area contributed by atoms with Crippen LogP contribution in [0.15, 0.2) is 34.2 Å². The average molecular weight is 510 g/mol. The number of carboxylic acids is 1. The Morgan fingerprint density at radius 1 is 1.40 bits per heavy atom. The van der Waals surface area contributed by atoms with E-state index >= 15 is 0 Å². The first kappa shape index (κ1) is 25.3. The topological polar surface area (TPSA) is 74.6 Å². The summed E-state index contributed by atoms with van der Waals surface area (Å²) in [5, 5.41) is 21.0. The van der Waals surface area contributed by atoms with E-state index < -0.39 is 12.1 Å². The molecule has 1 radical (unpaired) electrons. The molecular weight excluding hydrogens is 483 g/mol. The van der Waals surface area contributed by atoms with Crippen molar-refractivity contribution in [1.29, 1.82) is 0 Å². The second kappa shape index (κ2) is 12.8. The van der Waals surface area contributed by atoms with Crippen molar-refractivity contribution in [2.24, 2.45) is 11.8 Å². The van der Waals surface area contributed by atoms with E-state index in [0.29, 0.717) is 25.7 Å². The molecule has 4 nitrogen and oxygen atoms in total. The van der Waals surface area contributed by atoms with E-state index in [0.717, 1.165) is 10.9 Å². The first-order chi connectivity index (χ1) is 14.3. The molecule has 0 saturated heterocycles. The monoisotopic (exact) mass is 509 g/mol.